The molecule has 0 bridgehead atoms. The van der Waals surface area contributed by atoms with Crippen LogP contribution in [-0.2, 0) is 21.2 Å². The van der Waals surface area contributed by atoms with Gasteiger partial charge < -0.3 is 10.2 Å². The Bertz CT molecular complexity index is 805. The number of likely N-dealkylation sites (tertiary alicyclic amines) is 1. The van der Waals surface area contributed by atoms with Crippen LogP contribution in [0.1, 0.15) is 51.5 Å². The molecule has 0 aromatic heterocycles. The van der Waals surface area contributed by atoms with Gasteiger partial charge in [0, 0.05) is 32.7 Å². The molecule has 0 saturated carbocycles. The van der Waals surface area contributed by atoms with Crippen LogP contribution in [0, 0.1) is 17.8 Å². The number of hydrogen-bond donors (Lipinski definition) is 1. The zero-order chi connectivity index (χ0) is 23.0. The van der Waals surface area contributed by atoms with Crippen LogP contribution in [0.25, 0.3) is 0 Å². The van der Waals surface area contributed by atoms with Crippen LogP contribution in [0.3, 0.4) is 0 Å². The van der Waals surface area contributed by atoms with E-state index in [2.05, 4.69) is 24.1 Å². The Morgan fingerprint density at radius 1 is 1.06 bits per heavy atom. The number of rotatable bonds is 10. The summed E-state index contributed by atoms with van der Waals surface area (Å²) < 4.78 is 27.2. The molecule has 0 spiro atoms. The molecule has 1 aromatic carbocycles. The van der Waals surface area contributed by atoms with Gasteiger partial charge in [-0.3, -0.25) is 4.79 Å². The van der Waals surface area contributed by atoms with Crippen LogP contribution < -0.4 is 5.32 Å². The van der Waals surface area contributed by atoms with Crippen LogP contribution in [0.15, 0.2) is 30.3 Å². The molecule has 1 aromatic rings. The normalized spacial score (nSPS) is 25.5. The summed E-state index contributed by atoms with van der Waals surface area (Å²) >= 11 is 0. The van der Waals surface area contributed by atoms with Gasteiger partial charge in [0.15, 0.2) is 0 Å². The van der Waals surface area contributed by atoms with Gasteiger partial charge >= 0.3 is 0 Å². The number of sulfonamides is 1. The maximum Gasteiger partial charge on any atom is 0.224 e. The molecule has 0 unspecified atom stereocenters. The first-order valence-corrected chi connectivity index (χ1v) is 14.0. The van der Waals surface area contributed by atoms with Crippen LogP contribution >= 0.6 is 0 Å². The summed E-state index contributed by atoms with van der Waals surface area (Å²) in [6.45, 7) is 9.46. The molecule has 2 heterocycles. The highest BCUT2D eigenvalue weighted by atomic mass is 32.2. The molecule has 1 amide bonds. The summed E-state index contributed by atoms with van der Waals surface area (Å²) in [5, 5.41) is 3.06. The van der Waals surface area contributed by atoms with Crippen LogP contribution in [0.5, 0.6) is 0 Å². The molecule has 0 aliphatic carbocycles. The van der Waals surface area contributed by atoms with Crippen molar-refractivity contribution in [2.45, 2.75) is 52.4 Å². The quantitative estimate of drug-likeness (QED) is 0.541. The second-order valence-electron chi connectivity index (χ2n) is 9.95. The van der Waals surface area contributed by atoms with Crippen molar-refractivity contribution < 1.29 is 13.2 Å². The summed E-state index contributed by atoms with van der Waals surface area (Å²) in [5.41, 5.74) is 1.16. The number of carbonyl (C=O) groups is 1. The highest BCUT2D eigenvalue weighted by Crippen LogP contribution is 2.22. The summed E-state index contributed by atoms with van der Waals surface area (Å²) in [7, 11) is -3.32. The summed E-state index contributed by atoms with van der Waals surface area (Å²) in [6, 6.07) is 9.98. The van der Waals surface area contributed by atoms with E-state index in [1.54, 1.807) is 4.31 Å². The Morgan fingerprint density at radius 2 is 1.78 bits per heavy atom. The van der Waals surface area contributed by atoms with Crippen molar-refractivity contribution in [2.75, 3.05) is 45.0 Å². The van der Waals surface area contributed by atoms with Gasteiger partial charge in [-0.05, 0) is 62.5 Å². The molecule has 0 radical (unpaired) electrons. The second-order valence-corrected chi connectivity index (χ2v) is 12.0. The van der Waals surface area contributed by atoms with Crippen molar-refractivity contribution in [1.29, 1.82) is 0 Å². The minimum atomic E-state index is -3.32. The Morgan fingerprint density at radius 3 is 2.50 bits per heavy atom. The van der Waals surface area contributed by atoms with E-state index in [4.69, 9.17) is 0 Å². The van der Waals surface area contributed by atoms with Gasteiger partial charge in [0.1, 0.15) is 0 Å². The number of nitrogens with one attached hydrogen (secondary N) is 1. The number of benzene rings is 1. The van der Waals surface area contributed by atoms with Crippen molar-refractivity contribution in [1.82, 2.24) is 14.5 Å². The second kappa shape index (κ2) is 12.1. The Kier molecular flexibility index (Phi) is 9.56. The summed E-state index contributed by atoms with van der Waals surface area (Å²) in [5.74, 6) is 1.41. The number of piperidine rings is 2. The minimum absolute atomic E-state index is 0.00886. The van der Waals surface area contributed by atoms with E-state index < -0.39 is 10.0 Å². The molecule has 3 atom stereocenters. The SMILES string of the molecule is C[C@@H]1C[C@@H](C)CN(CCCNC(=O)[C@@H]2CCCN(S(=O)(=O)CCCc3ccccc3)C2)C1. The molecular formula is C25H41N3O3S. The third-order valence-corrected chi connectivity index (χ3v) is 8.68. The number of amides is 1. The average Bonchev–Trinajstić information content (AvgIpc) is 2.77. The van der Waals surface area contributed by atoms with Crippen LogP contribution in [0.2, 0.25) is 0 Å². The predicted molar refractivity (Wildman–Crippen MR) is 130 cm³/mol. The van der Waals surface area contributed by atoms with Gasteiger partial charge in [-0.2, -0.15) is 0 Å². The van der Waals surface area contributed by atoms with Crippen molar-refractivity contribution >= 4 is 15.9 Å². The van der Waals surface area contributed by atoms with Crippen molar-refractivity contribution in [3.63, 3.8) is 0 Å². The smallest absolute Gasteiger partial charge is 0.224 e. The van der Waals surface area contributed by atoms with E-state index in [-0.39, 0.29) is 17.6 Å². The van der Waals surface area contributed by atoms with Gasteiger partial charge in [-0.15, -0.1) is 0 Å². The first-order valence-electron chi connectivity index (χ1n) is 12.4. The first-order chi connectivity index (χ1) is 15.3. The lowest BCUT2D eigenvalue weighted by molar-refractivity contribution is -0.126. The molecule has 7 heteroatoms. The highest BCUT2D eigenvalue weighted by Gasteiger charge is 2.32. The zero-order valence-corrected chi connectivity index (χ0v) is 20.7. The molecule has 3 rings (SSSR count). The third-order valence-electron chi connectivity index (χ3n) is 6.75. The third kappa shape index (κ3) is 7.85. The molecule has 32 heavy (non-hydrogen) atoms. The topological polar surface area (TPSA) is 69.7 Å². The van der Waals surface area contributed by atoms with E-state index in [1.807, 2.05) is 30.3 Å². The summed E-state index contributed by atoms with van der Waals surface area (Å²) in [4.78, 5) is 15.2. The van der Waals surface area contributed by atoms with E-state index in [0.717, 1.165) is 62.7 Å². The summed E-state index contributed by atoms with van der Waals surface area (Å²) in [6.07, 6.45) is 5.13. The molecule has 2 aliphatic rings. The van der Waals surface area contributed by atoms with Crippen molar-refractivity contribution in [2.24, 2.45) is 17.8 Å². The van der Waals surface area contributed by atoms with Gasteiger partial charge in [-0.1, -0.05) is 44.2 Å². The van der Waals surface area contributed by atoms with Gasteiger partial charge in [0.25, 0.3) is 0 Å². The van der Waals surface area contributed by atoms with Crippen molar-refractivity contribution in [3.05, 3.63) is 35.9 Å². The Labute approximate surface area is 194 Å². The molecule has 1 N–H and O–H groups in total. The van der Waals surface area contributed by atoms with E-state index in [0.29, 0.717) is 26.1 Å². The number of carbonyl (C=O) groups excluding carboxylic acids is 1. The standard InChI is InChI=1S/C25H41N3O3S/c1-21-17-22(2)19-27(18-21)14-8-13-26-25(29)24-12-6-15-28(20-24)32(30,31)16-7-11-23-9-4-3-5-10-23/h3-5,9-10,21-22,24H,6-8,11-20H2,1-2H3,(H,26,29)/t21-,22-,24-/m1/s1. The molecule has 180 valence electrons. The van der Waals surface area contributed by atoms with Gasteiger partial charge in [0.2, 0.25) is 15.9 Å². The monoisotopic (exact) mass is 463 g/mol. The first kappa shape index (κ1) is 25.2. The molecular weight excluding hydrogens is 422 g/mol. The Balaban J connectivity index is 1.37. The van der Waals surface area contributed by atoms with Gasteiger partial charge in [0.05, 0.1) is 11.7 Å². The number of aryl methyl sites for hydroxylation is 1. The Hall–Kier alpha value is -1.44. The molecule has 2 saturated heterocycles. The highest BCUT2D eigenvalue weighted by molar-refractivity contribution is 7.89. The number of nitrogens with zero attached hydrogens (tertiary/aromatic N) is 2. The molecule has 6 nitrogen and oxygen atoms in total. The maximum absolute atomic E-state index is 12.8. The van der Waals surface area contributed by atoms with Gasteiger partial charge in [-0.25, -0.2) is 12.7 Å². The predicted octanol–water partition coefficient (Wildman–Crippen LogP) is 3.15. The van der Waals surface area contributed by atoms with E-state index in [1.165, 1.54) is 6.42 Å². The van der Waals surface area contributed by atoms with Crippen LogP contribution in [0.4, 0.5) is 0 Å². The maximum atomic E-state index is 12.8. The zero-order valence-electron chi connectivity index (χ0n) is 19.8. The average molecular weight is 464 g/mol. The number of hydrogen-bond acceptors (Lipinski definition) is 4. The largest absolute Gasteiger partial charge is 0.356 e. The fraction of sp³-hybridized carbons (Fsp3) is 0.720. The van der Waals surface area contributed by atoms with E-state index in [9.17, 15) is 13.2 Å². The van der Waals surface area contributed by atoms with Crippen LogP contribution in [-0.4, -0.2) is 68.6 Å². The molecule has 2 fully saturated rings. The lowest BCUT2D eigenvalue weighted by Crippen LogP contribution is -2.46. The van der Waals surface area contributed by atoms with E-state index >= 15 is 0 Å². The molecule has 2 aliphatic heterocycles. The fourth-order valence-corrected chi connectivity index (χ4v) is 6.86. The minimum Gasteiger partial charge on any atom is -0.356 e. The fourth-order valence-electron chi connectivity index (χ4n) is 5.27. The van der Waals surface area contributed by atoms with Crippen molar-refractivity contribution in [3.8, 4) is 0 Å². The lowest BCUT2D eigenvalue weighted by Gasteiger charge is -2.35. The lowest BCUT2D eigenvalue weighted by atomic mass is 9.92.